The molecule has 24 atom stereocenters. The van der Waals surface area contributed by atoms with Gasteiger partial charge in [0.2, 0.25) is 17.7 Å². The van der Waals surface area contributed by atoms with Crippen LogP contribution in [0.1, 0.15) is 119 Å². The van der Waals surface area contributed by atoms with E-state index in [1.165, 1.54) is 62.1 Å². The first-order valence-corrected chi connectivity index (χ1v) is 39.9. The molecule has 0 saturated carbocycles. The fourth-order valence-corrected chi connectivity index (χ4v) is 21.1. The molecule has 0 unspecified atom stereocenters. The fourth-order valence-electron chi connectivity index (χ4n) is 16.6. The smallest absolute Gasteiger partial charge is 0.414 e. The van der Waals surface area contributed by atoms with E-state index in [1.807, 2.05) is 20.8 Å². The molecule has 36 nitrogen and oxygen atoms in total. The molecule has 112 heavy (non-hydrogen) atoms. The van der Waals surface area contributed by atoms with E-state index >= 15 is 0 Å². The third-order valence-corrected chi connectivity index (χ3v) is 26.6. The lowest BCUT2D eigenvalue weighted by Crippen LogP contribution is -2.63. The largest absolute Gasteiger partial charge is 0.477 e. The van der Waals surface area contributed by atoms with Gasteiger partial charge in [-0.15, -0.1) is 35.3 Å². The number of β-lactam (4-membered cyclic amide) rings is 3. The lowest BCUT2D eigenvalue weighted by molar-refractivity contribution is -0.384. The molecule has 3 amide bonds. The fraction of sp³-hybridized carbons (Fsp3) is 0.685. The van der Waals surface area contributed by atoms with Gasteiger partial charge in [-0.25, -0.2) is 38.4 Å². The van der Waals surface area contributed by atoms with Crippen molar-refractivity contribution in [2.45, 2.75) is 197 Å². The first kappa shape index (κ1) is 92.0. The number of rotatable bonds is 20. The standard InChI is InChI=1S/C26H32N4O8S.2C19H29N3O5S.C4H10.2C2H2O4.CH4/c1-12-20-19(13(2)31)24(33)29(20)21(26(35)38-25(34)14-3-5-16(6-4-14)30(36)37)23(12)39-17-9-18(28-11-17)22(32)15-7-8-27-10-15;2*1-8-14-13(9(2)23)18(25)22(14)15(19(26)27)17(8)28-11-5-12(21-7-11)16(24)10-3-4-20-6-10;1-4(2)3;2*3-1(4)2(5)6;/h3-6,12-13,15,17-20,22,27-28,31-32H,7-11H2,1-2H3;2*8-14,16,20-21,23-24H,3-7H2,1-2H3,(H,26,27);4H,1-3H3;2*(H,3,4)(H,5,6);1H4/t12-,13-,15-,17+,18+,19-,20-,22-;2*8-,9-,10-,11+,12+,13-,14-,16-;;;;/m111..../s1. The molecule has 18 N–H and O–H groups in total. The Morgan fingerprint density at radius 2 is 0.741 bits per heavy atom. The maximum Gasteiger partial charge on any atom is 0.414 e. The molecule has 12 aliphatic heterocycles. The van der Waals surface area contributed by atoms with Crippen LogP contribution in [0.2, 0.25) is 0 Å². The van der Waals surface area contributed by atoms with E-state index in [2.05, 4.69) is 52.7 Å². The van der Waals surface area contributed by atoms with Gasteiger partial charge in [-0.2, -0.15) is 0 Å². The molecule has 12 heterocycles. The van der Waals surface area contributed by atoms with Crippen LogP contribution in [0.5, 0.6) is 0 Å². The van der Waals surface area contributed by atoms with E-state index < -0.39 is 119 Å². The molecule has 13 rings (SSSR count). The number of nitro benzene ring substituents is 1. The van der Waals surface area contributed by atoms with E-state index in [0.717, 1.165) is 99.2 Å². The van der Waals surface area contributed by atoms with E-state index in [1.54, 1.807) is 20.8 Å². The van der Waals surface area contributed by atoms with Crippen molar-refractivity contribution >= 4 is 106 Å². The van der Waals surface area contributed by atoms with Crippen molar-refractivity contribution < 1.29 is 124 Å². The van der Waals surface area contributed by atoms with Crippen LogP contribution in [-0.4, -0.2) is 294 Å². The minimum atomic E-state index is -1.82. The number of aliphatic hydroxyl groups excluding tert-OH is 6. The van der Waals surface area contributed by atoms with Crippen molar-refractivity contribution in [1.29, 1.82) is 0 Å². The molecule has 0 bridgehead atoms. The topological polar surface area (TPSA) is 565 Å². The van der Waals surface area contributed by atoms with E-state index in [4.69, 9.17) is 44.3 Å². The number of hydrogen-bond acceptors (Lipinski definition) is 29. The number of carbonyl (C=O) groups excluding carboxylic acids is 5. The number of esters is 2. The highest BCUT2D eigenvalue weighted by Gasteiger charge is 2.63. The number of nitrogens with one attached hydrogen (secondary N) is 6. The molecular formula is C73H108N10O26S3. The van der Waals surface area contributed by atoms with Crippen LogP contribution in [0.3, 0.4) is 0 Å². The first-order chi connectivity index (χ1) is 52.2. The van der Waals surface area contributed by atoms with Gasteiger partial charge in [-0.1, -0.05) is 49.0 Å². The van der Waals surface area contributed by atoms with Gasteiger partial charge in [0.05, 0.1) is 83.0 Å². The van der Waals surface area contributed by atoms with Gasteiger partial charge in [-0.3, -0.25) is 24.5 Å². The summed E-state index contributed by atoms with van der Waals surface area (Å²) in [5, 5.41) is 143. The Hall–Kier alpha value is -7.22. The Morgan fingerprint density at radius 3 is 0.982 bits per heavy atom. The molecule has 0 aromatic heterocycles. The van der Waals surface area contributed by atoms with Gasteiger partial charge in [0.25, 0.3) is 5.69 Å². The molecule has 0 aliphatic carbocycles. The van der Waals surface area contributed by atoms with Gasteiger partial charge in [0, 0.05) is 135 Å². The highest BCUT2D eigenvalue weighted by molar-refractivity contribution is 8.04. The van der Waals surface area contributed by atoms with Crippen molar-refractivity contribution in [2.24, 2.45) is 59.2 Å². The SMILES string of the molecule is C.CC(C)C.C[C@@H](O)[C@H]1C(=O)N2C(C(=O)O)=C(S[C@@H]3CN[C@H]([C@H](O)[C@@H]4CCNC4)C3)[C@H](C)[C@H]12.C[C@@H](O)[C@H]1C(=O)N2C(C(=O)O)=C(S[C@@H]3CN[C@H]([C@H](O)[C@@H]4CCNC4)C3)[C@H](C)[C@H]12.C[C@@H](O)[C@H]1C(=O)N2C(C(=O)OC(=O)c3ccc([N+](=O)[O-])cc3)=C(S[C@@H]3CN[C@H]([C@H](O)[C@@H]4CCNC4)C3)[C@H](C)[C@H]12.O=C(O)C(=O)O.O=C(O)C(=O)O. The Labute approximate surface area is 660 Å². The number of non-ortho nitro benzene ring substituents is 1. The van der Waals surface area contributed by atoms with Crippen LogP contribution < -0.4 is 31.9 Å². The maximum absolute atomic E-state index is 13.4. The van der Waals surface area contributed by atoms with Crippen molar-refractivity contribution in [3.8, 4) is 0 Å². The molecular weight excluding hydrogens is 1530 g/mol. The second-order valence-electron chi connectivity index (χ2n) is 30.6. The molecule has 39 heteroatoms. The number of benzene rings is 1. The molecule has 9 fully saturated rings. The summed E-state index contributed by atoms with van der Waals surface area (Å²) in [6.07, 6.45) is 1.27. The van der Waals surface area contributed by atoms with E-state index in [-0.39, 0.29) is 129 Å². The molecule has 1 aromatic rings. The minimum absolute atomic E-state index is 0. The van der Waals surface area contributed by atoms with Gasteiger partial charge in [0.1, 0.15) is 17.1 Å². The third-order valence-electron chi connectivity index (χ3n) is 22.0. The highest BCUT2D eigenvalue weighted by atomic mass is 32.2. The van der Waals surface area contributed by atoms with Gasteiger partial charge >= 0.3 is 47.8 Å². The molecule has 624 valence electrons. The number of amides is 3. The number of hydrogen-bond donors (Lipinski definition) is 18. The minimum Gasteiger partial charge on any atom is -0.477 e. The normalized spacial score (nSPS) is 32.0. The quantitative estimate of drug-likeness (QED) is 0.0211. The zero-order valence-corrected chi connectivity index (χ0v) is 65.4. The molecule has 0 radical (unpaired) electrons. The summed E-state index contributed by atoms with van der Waals surface area (Å²) in [5.41, 5.74) is -0.0957. The highest BCUT2D eigenvalue weighted by Crippen LogP contribution is 2.55. The summed E-state index contributed by atoms with van der Waals surface area (Å²) >= 11 is 4.48. The van der Waals surface area contributed by atoms with E-state index in [9.17, 15) is 84.5 Å². The average molecular weight is 1640 g/mol. The van der Waals surface area contributed by atoms with Crippen molar-refractivity contribution in [2.75, 3.05) is 58.9 Å². The van der Waals surface area contributed by atoms with Crippen LogP contribution in [0, 0.1) is 69.3 Å². The molecule has 0 spiro atoms. The van der Waals surface area contributed by atoms with Crippen LogP contribution in [0.25, 0.3) is 0 Å². The number of aliphatic carboxylic acids is 6. The zero-order chi connectivity index (χ0) is 82.2. The number of carbonyl (C=O) groups is 11. The molecule has 9 saturated heterocycles. The van der Waals surface area contributed by atoms with Crippen molar-refractivity contribution in [3.05, 3.63) is 71.7 Å². The number of thioether (sulfide) groups is 3. The van der Waals surface area contributed by atoms with Crippen molar-refractivity contribution in [1.82, 2.24) is 46.6 Å². The second-order valence-corrected chi connectivity index (χ2v) is 34.7. The number of ether oxygens (including phenoxy) is 1. The molecule has 12 aliphatic rings. The summed E-state index contributed by atoms with van der Waals surface area (Å²) in [6, 6.07) is 3.63. The first-order valence-electron chi connectivity index (χ1n) is 37.2. The number of fused-ring (bicyclic) bond motifs is 3. The van der Waals surface area contributed by atoms with Crippen molar-refractivity contribution in [3.63, 3.8) is 0 Å². The van der Waals surface area contributed by atoms with Crippen LogP contribution in [0.4, 0.5) is 5.69 Å². The van der Waals surface area contributed by atoms with Gasteiger partial charge < -0.3 is 113 Å². The number of nitro groups is 1. The maximum atomic E-state index is 13.4. The predicted octanol–water partition coefficient (Wildman–Crippen LogP) is 0.539. The summed E-state index contributed by atoms with van der Waals surface area (Å²) in [5.74, 6) is -13.2. The van der Waals surface area contributed by atoms with Gasteiger partial charge in [-0.05, 0) is 97.0 Å². The Balaban J connectivity index is 0.000000214. The molecule has 1 aromatic carbocycles. The van der Waals surface area contributed by atoms with Crippen LogP contribution >= 0.6 is 35.3 Å². The van der Waals surface area contributed by atoms with Crippen LogP contribution in [0.15, 0.2) is 56.1 Å². The van der Waals surface area contributed by atoms with Crippen LogP contribution in [-0.2, 0) is 52.7 Å². The Morgan fingerprint density at radius 1 is 0.464 bits per heavy atom. The predicted molar refractivity (Wildman–Crippen MR) is 407 cm³/mol. The number of carboxylic acids is 6. The Kier molecular flexibility index (Phi) is 32.8. The monoisotopic (exact) mass is 1640 g/mol. The summed E-state index contributed by atoms with van der Waals surface area (Å²) in [6.45, 7) is 24.2. The summed E-state index contributed by atoms with van der Waals surface area (Å²) in [7, 11) is 0. The summed E-state index contributed by atoms with van der Waals surface area (Å²) in [4.78, 5) is 140. The lowest BCUT2D eigenvalue weighted by Gasteiger charge is -2.46. The van der Waals surface area contributed by atoms with E-state index in [0.29, 0.717) is 31.0 Å². The lowest BCUT2D eigenvalue weighted by atomic mass is 9.79. The average Bonchev–Trinajstić information content (AvgIpc) is 1.56. The number of carboxylic acid groups (broad SMARTS) is 6. The van der Waals surface area contributed by atoms with Gasteiger partial charge in [0.15, 0.2) is 0 Å². The third kappa shape index (κ3) is 20.7. The summed E-state index contributed by atoms with van der Waals surface area (Å²) < 4.78 is 5.15. The number of nitrogens with zero attached hydrogens (tertiary/aromatic N) is 4. The zero-order valence-electron chi connectivity index (χ0n) is 62.9. The second kappa shape index (κ2) is 39.9. The Bertz CT molecular complexity index is 3570. The number of aliphatic hydroxyl groups is 6.